The molecular formula is C11H19Br. The number of rotatable bonds is 2. The summed E-state index contributed by atoms with van der Waals surface area (Å²) in [7, 11) is 0. The Labute approximate surface area is 84.2 Å². The van der Waals surface area contributed by atoms with Crippen molar-refractivity contribution in [2.75, 3.05) is 5.33 Å². The molecular weight excluding hydrogens is 212 g/mol. The zero-order chi connectivity index (χ0) is 8.60. The number of hydrogen-bond acceptors (Lipinski definition) is 0. The Morgan fingerprint density at radius 1 is 1.33 bits per heavy atom. The number of halogens is 1. The molecule has 1 atom stereocenters. The lowest BCUT2D eigenvalue weighted by molar-refractivity contribution is 0.239. The van der Waals surface area contributed by atoms with Crippen LogP contribution in [0, 0.1) is 17.3 Å². The molecule has 0 aliphatic heterocycles. The van der Waals surface area contributed by atoms with Crippen molar-refractivity contribution >= 4 is 15.9 Å². The second-order valence-electron chi connectivity index (χ2n) is 4.77. The minimum absolute atomic E-state index is 0.829. The zero-order valence-electron chi connectivity index (χ0n) is 7.98. The van der Waals surface area contributed by atoms with Crippen LogP contribution in [0.25, 0.3) is 0 Å². The molecule has 12 heavy (non-hydrogen) atoms. The van der Waals surface area contributed by atoms with E-state index in [1.54, 1.807) is 0 Å². The van der Waals surface area contributed by atoms with Crippen molar-refractivity contribution in [2.45, 2.75) is 45.4 Å². The van der Waals surface area contributed by atoms with E-state index < -0.39 is 0 Å². The van der Waals surface area contributed by atoms with E-state index in [2.05, 4.69) is 22.9 Å². The summed E-state index contributed by atoms with van der Waals surface area (Å²) < 4.78 is 0. The largest absolute Gasteiger partial charge is 0.0925 e. The fourth-order valence-electron chi connectivity index (χ4n) is 2.92. The summed E-state index contributed by atoms with van der Waals surface area (Å²) in [4.78, 5) is 0. The summed E-state index contributed by atoms with van der Waals surface area (Å²) in [6.07, 6.45) is 9.02. The van der Waals surface area contributed by atoms with Crippen LogP contribution < -0.4 is 0 Å². The van der Waals surface area contributed by atoms with Gasteiger partial charge in [-0.2, -0.15) is 0 Å². The van der Waals surface area contributed by atoms with Gasteiger partial charge in [-0.15, -0.1) is 0 Å². The smallest absolute Gasteiger partial charge is 0.00651 e. The van der Waals surface area contributed by atoms with Crippen molar-refractivity contribution in [3.63, 3.8) is 0 Å². The first-order chi connectivity index (χ1) is 5.80. The third-order valence-corrected chi connectivity index (χ3v) is 5.00. The van der Waals surface area contributed by atoms with Crippen LogP contribution >= 0.6 is 15.9 Å². The van der Waals surface area contributed by atoms with E-state index in [-0.39, 0.29) is 0 Å². The van der Waals surface area contributed by atoms with Gasteiger partial charge in [0.15, 0.2) is 0 Å². The predicted octanol–water partition coefficient (Wildman–Crippen LogP) is 3.99. The maximum Gasteiger partial charge on any atom is 0.00651 e. The predicted molar refractivity (Wildman–Crippen MR) is 56.6 cm³/mol. The van der Waals surface area contributed by atoms with E-state index in [9.17, 15) is 0 Å². The molecule has 1 unspecified atom stereocenters. The molecule has 0 aromatic carbocycles. The van der Waals surface area contributed by atoms with Crippen LogP contribution in [0.5, 0.6) is 0 Å². The lowest BCUT2D eigenvalue weighted by atomic mass is 9.78. The van der Waals surface area contributed by atoms with Crippen molar-refractivity contribution in [2.24, 2.45) is 17.3 Å². The maximum atomic E-state index is 3.62. The molecule has 0 amide bonds. The molecule has 2 saturated carbocycles. The van der Waals surface area contributed by atoms with Gasteiger partial charge in [-0.3, -0.25) is 0 Å². The third-order valence-electron chi connectivity index (χ3n) is 4.22. The molecule has 0 nitrogen and oxygen atoms in total. The fourth-order valence-corrected chi connectivity index (χ4v) is 3.84. The van der Waals surface area contributed by atoms with Crippen molar-refractivity contribution in [3.05, 3.63) is 0 Å². The van der Waals surface area contributed by atoms with Crippen molar-refractivity contribution in [3.8, 4) is 0 Å². The monoisotopic (exact) mass is 230 g/mol. The Bertz CT molecular complexity index is 156. The first-order valence-electron chi connectivity index (χ1n) is 5.36. The number of alkyl halides is 1. The van der Waals surface area contributed by atoms with Crippen LogP contribution in [-0.4, -0.2) is 5.33 Å². The normalized spacial score (nSPS) is 46.5. The van der Waals surface area contributed by atoms with Crippen molar-refractivity contribution < 1.29 is 0 Å². The summed E-state index contributed by atoms with van der Waals surface area (Å²) in [6.45, 7) is 2.34. The zero-order valence-corrected chi connectivity index (χ0v) is 9.57. The van der Waals surface area contributed by atoms with E-state index >= 15 is 0 Å². The highest BCUT2D eigenvalue weighted by molar-refractivity contribution is 9.09. The van der Waals surface area contributed by atoms with Crippen molar-refractivity contribution in [1.29, 1.82) is 0 Å². The highest BCUT2D eigenvalue weighted by atomic mass is 79.9. The first kappa shape index (κ1) is 9.05. The van der Waals surface area contributed by atoms with Gasteiger partial charge >= 0.3 is 0 Å². The Morgan fingerprint density at radius 2 is 2.00 bits per heavy atom. The van der Waals surface area contributed by atoms with Gasteiger partial charge in [-0.25, -0.2) is 0 Å². The molecule has 2 aliphatic rings. The highest BCUT2D eigenvalue weighted by Crippen LogP contribution is 2.62. The third kappa shape index (κ3) is 1.45. The summed E-state index contributed by atoms with van der Waals surface area (Å²) >= 11 is 3.62. The van der Waals surface area contributed by atoms with Gasteiger partial charge < -0.3 is 0 Å². The molecule has 2 fully saturated rings. The Balaban J connectivity index is 1.84. The van der Waals surface area contributed by atoms with Gasteiger partial charge in [-0.05, 0) is 49.4 Å². The molecule has 70 valence electrons. The van der Waals surface area contributed by atoms with Gasteiger partial charge in [-0.1, -0.05) is 29.3 Å². The molecule has 2 rings (SSSR count). The average Bonchev–Trinajstić information content (AvgIpc) is 2.81. The van der Waals surface area contributed by atoms with E-state index in [0.717, 1.165) is 17.3 Å². The lowest BCUT2D eigenvalue weighted by Gasteiger charge is -2.28. The van der Waals surface area contributed by atoms with Gasteiger partial charge in [0.05, 0.1) is 0 Å². The Kier molecular flexibility index (Phi) is 2.51. The Morgan fingerprint density at radius 3 is 2.42 bits per heavy atom. The molecule has 0 N–H and O–H groups in total. The average molecular weight is 231 g/mol. The minimum atomic E-state index is 0.829. The Hall–Kier alpha value is 0.480. The lowest BCUT2D eigenvalue weighted by Crippen LogP contribution is -2.16. The highest BCUT2D eigenvalue weighted by Gasteiger charge is 2.53. The van der Waals surface area contributed by atoms with Gasteiger partial charge in [0, 0.05) is 5.33 Å². The molecule has 2 aliphatic carbocycles. The van der Waals surface area contributed by atoms with E-state index in [1.165, 1.54) is 43.9 Å². The molecule has 0 aromatic rings. The molecule has 0 aromatic heterocycles. The number of hydrogen-bond donors (Lipinski definition) is 0. The standard InChI is InChI=1S/C11H19Br/c1-2-9-3-5-11(6-4-9)7-10(11)8-12/h9-10H,2-8H2,1H3. The minimum Gasteiger partial charge on any atom is -0.0925 e. The first-order valence-corrected chi connectivity index (χ1v) is 6.49. The SMILES string of the molecule is CCC1CCC2(CC1)CC2CBr. The summed E-state index contributed by atoms with van der Waals surface area (Å²) in [5.41, 5.74) is 0.829. The quantitative estimate of drug-likeness (QED) is 0.630. The molecule has 0 bridgehead atoms. The molecule has 0 radical (unpaired) electrons. The van der Waals surface area contributed by atoms with Gasteiger partial charge in [0.1, 0.15) is 0 Å². The van der Waals surface area contributed by atoms with Crippen LogP contribution in [0.1, 0.15) is 45.4 Å². The van der Waals surface area contributed by atoms with Crippen LogP contribution in [0.15, 0.2) is 0 Å². The van der Waals surface area contributed by atoms with Crippen LogP contribution in [0.3, 0.4) is 0 Å². The fraction of sp³-hybridized carbons (Fsp3) is 1.00. The van der Waals surface area contributed by atoms with Gasteiger partial charge in [0.2, 0.25) is 0 Å². The van der Waals surface area contributed by atoms with Crippen LogP contribution in [-0.2, 0) is 0 Å². The summed E-state index contributed by atoms with van der Waals surface area (Å²) in [5, 5.41) is 1.25. The topological polar surface area (TPSA) is 0 Å². The summed E-state index contributed by atoms with van der Waals surface area (Å²) in [5.74, 6) is 2.10. The second kappa shape index (κ2) is 3.32. The van der Waals surface area contributed by atoms with E-state index in [4.69, 9.17) is 0 Å². The van der Waals surface area contributed by atoms with Crippen molar-refractivity contribution in [1.82, 2.24) is 0 Å². The molecule has 0 heterocycles. The van der Waals surface area contributed by atoms with E-state index in [0.29, 0.717) is 0 Å². The summed E-state index contributed by atoms with van der Waals surface area (Å²) in [6, 6.07) is 0. The molecule has 1 heteroatoms. The van der Waals surface area contributed by atoms with Crippen LogP contribution in [0.2, 0.25) is 0 Å². The molecule has 0 saturated heterocycles. The van der Waals surface area contributed by atoms with Gasteiger partial charge in [0.25, 0.3) is 0 Å². The van der Waals surface area contributed by atoms with E-state index in [1.807, 2.05) is 0 Å². The van der Waals surface area contributed by atoms with Crippen LogP contribution in [0.4, 0.5) is 0 Å². The second-order valence-corrected chi connectivity index (χ2v) is 5.42. The maximum absolute atomic E-state index is 3.62. The molecule has 1 spiro atoms.